The summed E-state index contributed by atoms with van der Waals surface area (Å²) in [7, 11) is -0.851. The molecule has 0 radical (unpaired) electrons. The molecule has 1 N–H and O–H groups in total. The fraction of sp³-hybridized carbons (Fsp3) is 0.650. The molecule has 1 amide bonds. The van der Waals surface area contributed by atoms with E-state index in [0.717, 1.165) is 0 Å². The van der Waals surface area contributed by atoms with Gasteiger partial charge in [-0.15, -0.1) is 0 Å². The molecule has 9 heteroatoms. The summed E-state index contributed by atoms with van der Waals surface area (Å²) in [6, 6.07) is 0.747. The summed E-state index contributed by atoms with van der Waals surface area (Å²) in [5.41, 5.74) is -0.196. The number of halogens is 1. The van der Waals surface area contributed by atoms with E-state index in [2.05, 4.69) is 44.2 Å². The summed E-state index contributed by atoms with van der Waals surface area (Å²) in [6.07, 6.45) is 0.785. The number of carbonyl (C=O) groups excluding carboxylic acids is 2. The van der Waals surface area contributed by atoms with Gasteiger partial charge in [0.05, 0.1) is 36.0 Å². The van der Waals surface area contributed by atoms with Gasteiger partial charge in [0.25, 0.3) is 0 Å². The lowest BCUT2D eigenvalue weighted by molar-refractivity contribution is 0.0476. The van der Waals surface area contributed by atoms with Crippen molar-refractivity contribution in [2.45, 2.75) is 71.3 Å². The smallest absolute Gasteiger partial charge is 0.408 e. The lowest BCUT2D eigenvalue weighted by atomic mass is 10.1. The number of nitrogens with one attached hydrogen (secondary N) is 1. The summed E-state index contributed by atoms with van der Waals surface area (Å²) in [6.45, 7) is 16.0. The standard InChI is InChI=1S/C20H33ClN2O5Si/c1-19(2,3)28-18(25)23-15(12-27-29(8,9)20(4,5)6)16-14(17(24)26-7)10-13(21)11-22-16/h10-11,15H,12H2,1-9H3,(H,23,25)/t15-/m0/s1. The number of nitrogens with zero attached hydrogens (tertiary/aromatic N) is 1. The highest BCUT2D eigenvalue weighted by Gasteiger charge is 2.38. The first-order valence-corrected chi connectivity index (χ1v) is 12.7. The molecule has 0 aliphatic rings. The normalized spacial score (nSPS) is 13.6. The van der Waals surface area contributed by atoms with Gasteiger partial charge in [-0.1, -0.05) is 32.4 Å². The first-order chi connectivity index (χ1) is 13.1. The Bertz CT molecular complexity index is 741. The number of ether oxygens (including phenoxy) is 2. The first kappa shape index (κ1) is 25.4. The number of amides is 1. The van der Waals surface area contributed by atoms with Gasteiger partial charge in [0, 0.05) is 6.20 Å². The highest BCUT2D eigenvalue weighted by atomic mass is 35.5. The van der Waals surface area contributed by atoms with Gasteiger partial charge in [-0.25, -0.2) is 9.59 Å². The lowest BCUT2D eigenvalue weighted by Crippen LogP contribution is -2.44. The second-order valence-electron chi connectivity index (χ2n) is 9.35. The molecule has 0 fully saturated rings. The molecule has 164 valence electrons. The minimum Gasteiger partial charge on any atom is -0.465 e. The van der Waals surface area contributed by atoms with Crippen LogP contribution in [0.2, 0.25) is 23.2 Å². The maximum Gasteiger partial charge on any atom is 0.408 e. The molecule has 0 aromatic carbocycles. The van der Waals surface area contributed by atoms with Crippen molar-refractivity contribution in [1.82, 2.24) is 10.3 Å². The molecular weight excluding hydrogens is 412 g/mol. The third-order valence-corrected chi connectivity index (χ3v) is 9.44. The van der Waals surface area contributed by atoms with Gasteiger partial charge in [0.15, 0.2) is 8.32 Å². The Morgan fingerprint density at radius 3 is 2.28 bits per heavy atom. The zero-order valence-corrected chi connectivity index (χ0v) is 20.6. The Morgan fingerprint density at radius 1 is 1.21 bits per heavy atom. The molecule has 1 aromatic heterocycles. The van der Waals surface area contributed by atoms with E-state index >= 15 is 0 Å². The topological polar surface area (TPSA) is 86.8 Å². The number of aromatic nitrogens is 1. The molecule has 0 spiro atoms. The van der Waals surface area contributed by atoms with Crippen LogP contribution in [0.4, 0.5) is 4.79 Å². The molecule has 1 heterocycles. The monoisotopic (exact) mass is 444 g/mol. The molecule has 7 nitrogen and oxygen atoms in total. The van der Waals surface area contributed by atoms with Crippen LogP contribution in [0.15, 0.2) is 12.3 Å². The maximum atomic E-state index is 12.4. The summed E-state index contributed by atoms with van der Waals surface area (Å²) < 4.78 is 16.5. The average molecular weight is 445 g/mol. The van der Waals surface area contributed by atoms with Gasteiger partial charge in [0.1, 0.15) is 5.60 Å². The van der Waals surface area contributed by atoms with E-state index in [-0.39, 0.29) is 22.2 Å². The summed E-state index contributed by atoms with van der Waals surface area (Å²) in [4.78, 5) is 29.0. The van der Waals surface area contributed by atoms with Gasteiger partial charge in [-0.05, 0) is 45.0 Å². The van der Waals surface area contributed by atoms with Crippen molar-refractivity contribution in [3.8, 4) is 0 Å². The zero-order chi connectivity index (χ0) is 22.6. The summed E-state index contributed by atoms with van der Waals surface area (Å²) in [5.74, 6) is -0.599. The number of hydrogen-bond acceptors (Lipinski definition) is 6. The summed E-state index contributed by atoms with van der Waals surface area (Å²) in [5, 5.41) is 3.04. The fourth-order valence-corrected chi connectivity index (χ4v) is 3.32. The Kier molecular flexibility index (Phi) is 8.27. The molecule has 29 heavy (non-hydrogen) atoms. The van der Waals surface area contributed by atoms with Crippen molar-refractivity contribution < 1.29 is 23.5 Å². The number of hydrogen-bond donors (Lipinski definition) is 1. The quantitative estimate of drug-likeness (QED) is 0.484. The molecule has 0 saturated carbocycles. The molecule has 0 saturated heterocycles. The van der Waals surface area contributed by atoms with Crippen molar-refractivity contribution in [2.75, 3.05) is 13.7 Å². The van der Waals surface area contributed by atoms with Crippen LogP contribution in [0.25, 0.3) is 0 Å². The average Bonchev–Trinajstić information content (AvgIpc) is 2.55. The number of methoxy groups -OCH3 is 1. The second kappa shape index (κ2) is 9.45. The minimum absolute atomic E-state index is 0.0257. The van der Waals surface area contributed by atoms with E-state index in [4.69, 9.17) is 25.5 Å². The third kappa shape index (κ3) is 7.60. The van der Waals surface area contributed by atoms with E-state index < -0.39 is 32.0 Å². The summed E-state index contributed by atoms with van der Waals surface area (Å²) >= 11 is 6.02. The van der Waals surface area contributed by atoms with Crippen LogP contribution >= 0.6 is 11.6 Å². The minimum atomic E-state index is -2.12. The van der Waals surface area contributed by atoms with Crippen molar-refractivity contribution in [2.24, 2.45) is 0 Å². The predicted octanol–water partition coefficient (Wildman–Crippen LogP) is 5.11. The SMILES string of the molecule is COC(=O)c1cc(Cl)cnc1[C@H](CO[Si](C)(C)C(C)(C)C)NC(=O)OC(C)(C)C. The van der Waals surface area contributed by atoms with Crippen molar-refractivity contribution in [3.63, 3.8) is 0 Å². The van der Waals surface area contributed by atoms with Gasteiger partial charge in [0.2, 0.25) is 0 Å². The maximum absolute atomic E-state index is 12.4. The molecule has 0 unspecified atom stereocenters. The number of alkyl carbamates (subject to hydrolysis) is 1. The van der Waals surface area contributed by atoms with Crippen LogP contribution in [0.5, 0.6) is 0 Å². The molecule has 0 aliphatic heterocycles. The van der Waals surface area contributed by atoms with Crippen LogP contribution in [0, 0.1) is 0 Å². The lowest BCUT2D eigenvalue weighted by Gasteiger charge is -2.37. The Morgan fingerprint density at radius 2 is 1.79 bits per heavy atom. The van der Waals surface area contributed by atoms with Gasteiger partial charge in [-0.2, -0.15) is 0 Å². The molecule has 1 aromatic rings. The van der Waals surface area contributed by atoms with Crippen LogP contribution in [0.1, 0.15) is 63.6 Å². The van der Waals surface area contributed by atoms with E-state index in [1.165, 1.54) is 19.4 Å². The van der Waals surface area contributed by atoms with Gasteiger partial charge in [-0.3, -0.25) is 4.98 Å². The van der Waals surface area contributed by atoms with E-state index in [1.54, 1.807) is 20.8 Å². The zero-order valence-electron chi connectivity index (χ0n) is 18.8. The Balaban J connectivity index is 3.27. The number of rotatable bonds is 6. The van der Waals surface area contributed by atoms with Crippen LogP contribution in [-0.4, -0.2) is 44.7 Å². The number of esters is 1. The second-order valence-corrected chi connectivity index (χ2v) is 14.6. The Labute approximate surface area is 179 Å². The van der Waals surface area contributed by atoms with Crippen molar-refractivity contribution in [1.29, 1.82) is 0 Å². The van der Waals surface area contributed by atoms with Crippen molar-refractivity contribution in [3.05, 3.63) is 28.5 Å². The fourth-order valence-electron chi connectivity index (χ4n) is 2.15. The van der Waals surface area contributed by atoms with Crippen molar-refractivity contribution >= 4 is 32.0 Å². The first-order valence-electron chi connectivity index (χ1n) is 9.44. The largest absolute Gasteiger partial charge is 0.465 e. The number of carbonyl (C=O) groups is 2. The number of pyridine rings is 1. The highest BCUT2D eigenvalue weighted by Crippen LogP contribution is 2.37. The van der Waals surface area contributed by atoms with E-state index in [0.29, 0.717) is 5.69 Å². The van der Waals surface area contributed by atoms with Crippen LogP contribution in [0.3, 0.4) is 0 Å². The van der Waals surface area contributed by atoms with E-state index in [9.17, 15) is 9.59 Å². The third-order valence-electron chi connectivity index (χ3n) is 4.73. The Hall–Kier alpha value is -1.64. The van der Waals surface area contributed by atoms with Crippen LogP contribution in [-0.2, 0) is 13.9 Å². The highest BCUT2D eigenvalue weighted by molar-refractivity contribution is 6.74. The molecule has 0 bridgehead atoms. The van der Waals surface area contributed by atoms with Gasteiger partial charge < -0.3 is 19.2 Å². The van der Waals surface area contributed by atoms with Gasteiger partial charge >= 0.3 is 12.1 Å². The molecule has 1 atom stereocenters. The molecule has 1 rings (SSSR count). The molecular formula is C20H33ClN2O5Si. The van der Waals surface area contributed by atoms with E-state index in [1.807, 2.05) is 0 Å². The molecule has 0 aliphatic carbocycles. The van der Waals surface area contributed by atoms with Crippen LogP contribution < -0.4 is 5.32 Å². The predicted molar refractivity (Wildman–Crippen MR) is 116 cm³/mol.